The molecule has 0 saturated carbocycles. The maximum Gasteiger partial charge on any atom is 0.573 e. The summed E-state index contributed by atoms with van der Waals surface area (Å²) in [6.07, 6.45) is -2.27. The number of amidine groups is 1. The van der Waals surface area contributed by atoms with E-state index in [1.54, 1.807) is 11.8 Å². The van der Waals surface area contributed by atoms with Crippen molar-refractivity contribution in [1.82, 2.24) is 20.1 Å². The van der Waals surface area contributed by atoms with Crippen molar-refractivity contribution < 1.29 is 22.7 Å². The number of nitrogens with one attached hydrogen (secondary N) is 1. The third kappa shape index (κ3) is 7.86. The Morgan fingerprint density at radius 2 is 1.78 bits per heavy atom. The molecule has 1 aliphatic heterocycles. The van der Waals surface area contributed by atoms with E-state index in [4.69, 9.17) is 0 Å². The molecule has 1 N–H and O–H groups in total. The van der Waals surface area contributed by atoms with Gasteiger partial charge in [-0.1, -0.05) is 62.0 Å². The first-order chi connectivity index (χ1) is 21.4. The van der Waals surface area contributed by atoms with E-state index in [0.717, 1.165) is 34.6 Å². The summed E-state index contributed by atoms with van der Waals surface area (Å²) < 4.78 is 42.7. The molecule has 1 fully saturated rings. The number of carbonyl (C=O) groups excluding carboxylic acids is 1. The van der Waals surface area contributed by atoms with Gasteiger partial charge >= 0.3 is 12.4 Å². The third-order valence-corrected chi connectivity index (χ3v) is 8.50. The summed E-state index contributed by atoms with van der Waals surface area (Å²) in [7, 11) is 0. The molecule has 45 heavy (non-hydrogen) atoms. The van der Waals surface area contributed by atoms with Gasteiger partial charge in [0.05, 0.1) is 11.7 Å². The summed E-state index contributed by atoms with van der Waals surface area (Å²) >= 11 is 1.60. The van der Waals surface area contributed by atoms with E-state index in [-0.39, 0.29) is 17.8 Å². The van der Waals surface area contributed by atoms with Gasteiger partial charge in [-0.15, -0.1) is 18.3 Å². The summed E-state index contributed by atoms with van der Waals surface area (Å²) in [5, 5.41) is 8.15. The Balaban J connectivity index is 1.26. The highest BCUT2D eigenvalue weighted by molar-refractivity contribution is 8.14. The molecule has 1 aromatic heterocycles. The quantitative estimate of drug-likeness (QED) is 0.219. The number of hydrogen-bond acceptors (Lipinski definition) is 5. The summed E-state index contributed by atoms with van der Waals surface area (Å²) in [4.78, 5) is 24.2. The van der Waals surface area contributed by atoms with Crippen LogP contribution in [0.4, 0.5) is 23.7 Å². The van der Waals surface area contributed by atoms with Crippen LogP contribution in [-0.4, -0.2) is 44.1 Å². The molecule has 5 rings (SSSR count). The number of amides is 2. The average Bonchev–Trinajstić information content (AvgIpc) is 3.47. The van der Waals surface area contributed by atoms with Crippen LogP contribution >= 0.6 is 11.8 Å². The number of carbonyl (C=O) groups is 1. The maximum atomic E-state index is 13.2. The smallest absolute Gasteiger partial charge is 0.406 e. The van der Waals surface area contributed by atoms with E-state index in [1.807, 2.05) is 31.2 Å². The first kappa shape index (κ1) is 32.1. The number of alkyl halides is 3. The standard InChI is InChI=1S/C33H35F3N6O2S/c1-20(2)28-15-6-21(3)18-29(28)42-22(4)16-17-45-32(42)39-31(43)38-23(5)24-7-9-25(10-8-24)30-37-19-41(40-30)26-11-13-27(14-12-26)44-33(34,35)36/h6-15,18-20,22-23H,16-17H2,1-5H3,(H,38,43)/b39-32-. The molecule has 0 spiro atoms. The molecule has 0 bridgehead atoms. The van der Waals surface area contributed by atoms with Crippen molar-refractivity contribution >= 4 is 28.6 Å². The normalized spacial score (nSPS) is 17.0. The monoisotopic (exact) mass is 636 g/mol. The highest BCUT2D eigenvalue weighted by Gasteiger charge is 2.31. The van der Waals surface area contributed by atoms with Crippen molar-refractivity contribution in [2.75, 3.05) is 10.7 Å². The maximum absolute atomic E-state index is 13.2. The largest absolute Gasteiger partial charge is 0.573 e. The van der Waals surface area contributed by atoms with Crippen molar-refractivity contribution in [2.24, 2.45) is 4.99 Å². The SMILES string of the molecule is Cc1ccc(C(C)C)c(N2/C(=N/C(=O)NC(C)c3ccc(-c4ncn(-c5ccc(OC(F)(F)F)cc5)n4)cc3)SCCC2C)c1. The first-order valence-corrected chi connectivity index (χ1v) is 15.7. The molecule has 1 aliphatic rings. The Hall–Kier alpha value is -4.32. The molecule has 8 nitrogen and oxygen atoms in total. The number of aliphatic imine (C=N–C) groups is 1. The van der Waals surface area contributed by atoms with E-state index in [2.05, 4.69) is 75.9 Å². The topological polar surface area (TPSA) is 84.6 Å². The Kier molecular flexibility index (Phi) is 9.52. The minimum atomic E-state index is -4.75. The lowest BCUT2D eigenvalue weighted by molar-refractivity contribution is -0.274. The van der Waals surface area contributed by atoms with Gasteiger partial charge in [0.25, 0.3) is 0 Å². The zero-order valence-corrected chi connectivity index (χ0v) is 26.5. The number of anilines is 1. The predicted octanol–water partition coefficient (Wildman–Crippen LogP) is 8.42. The molecule has 1 saturated heterocycles. The Morgan fingerprint density at radius 3 is 2.44 bits per heavy atom. The number of aromatic nitrogens is 3. The lowest BCUT2D eigenvalue weighted by Gasteiger charge is -2.37. The molecule has 4 aromatic rings. The molecule has 0 radical (unpaired) electrons. The molecule has 3 aromatic carbocycles. The molecule has 2 unspecified atom stereocenters. The fourth-order valence-corrected chi connectivity index (χ4v) is 6.32. The van der Waals surface area contributed by atoms with Crippen molar-refractivity contribution in [3.05, 3.63) is 89.7 Å². The van der Waals surface area contributed by atoms with Crippen LogP contribution in [0.15, 0.2) is 78.0 Å². The van der Waals surface area contributed by atoms with Gasteiger partial charge in [0.1, 0.15) is 12.1 Å². The number of halogens is 3. The first-order valence-electron chi connectivity index (χ1n) is 14.7. The van der Waals surface area contributed by atoms with Crippen LogP contribution in [0.5, 0.6) is 5.75 Å². The van der Waals surface area contributed by atoms with Gasteiger partial charge in [-0.3, -0.25) is 0 Å². The number of nitrogens with zero attached hydrogens (tertiary/aromatic N) is 5. The molecule has 0 aliphatic carbocycles. The lowest BCUT2D eigenvalue weighted by Crippen LogP contribution is -2.43. The fourth-order valence-electron chi connectivity index (χ4n) is 5.11. The van der Waals surface area contributed by atoms with Crippen molar-refractivity contribution in [1.29, 1.82) is 0 Å². The number of urea groups is 1. The van der Waals surface area contributed by atoms with Crippen molar-refractivity contribution in [2.45, 2.75) is 65.4 Å². The number of aryl methyl sites for hydroxylation is 1. The lowest BCUT2D eigenvalue weighted by atomic mass is 9.98. The van der Waals surface area contributed by atoms with Crippen molar-refractivity contribution in [3.63, 3.8) is 0 Å². The van der Waals surface area contributed by atoms with Gasteiger partial charge in [-0.25, -0.2) is 14.5 Å². The minimum absolute atomic E-state index is 0.210. The highest BCUT2D eigenvalue weighted by Crippen LogP contribution is 2.35. The molecule has 236 valence electrons. The third-order valence-electron chi connectivity index (χ3n) is 7.51. The minimum Gasteiger partial charge on any atom is -0.406 e. The van der Waals surface area contributed by atoms with E-state index in [0.29, 0.717) is 22.6 Å². The van der Waals surface area contributed by atoms with Crippen LogP contribution in [-0.2, 0) is 0 Å². The Bertz CT molecular complexity index is 1670. The van der Waals surface area contributed by atoms with Crippen LogP contribution in [0.2, 0.25) is 0 Å². The number of rotatable bonds is 7. The van der Waals surface area contributed by atoms with E-state index >= 15 is 0 Å². The zero-order chi connectivity index (χ0) is 32.3. The van der Waals surface area contributed by atoms with Gasteiger partial charge in [-0.2, -0.15) is 4.99 Å². The number of thioether (sulfide) groups is 1. The number of hydrogen-bond donors (Lipinski definition) is 1. The summed E-state index contributed by atoms with van der Waals surface area (Å²) in [5.41, 5.74) is 5.65. The molecule has 2 atom stereocenters. The predicted molar refractivity (Wildman–Crippen MR) is 172 cm³/mol. The summed E-state index contributed by atoms with van der Waals surface area (Å²) in [5.74, 6) is 1.35. The van der Waals surface area contributed by atoms with E-state index in [1.165, 1.54) is 40.8 Å². The second kappa shape index (κ2) is 13.4. The van der Waals surface area contributed by atoms with Gasteiger partial charge in [-0.05, 0) is 80.1 Å². The molecule has 12 heteroatoms. The van der Waals surface area contributed by atoms with Crippen LogP contribution in [0.3, 0.4) is 0 Å². The molecule has 2 amide bonds. The summed E-state index contributed by atoms with van der Waals surface area (Å²) in [6, 6.07) is 18.8. The zero-order valence-electron chi connectivity index (χ0n) is 25.7. The van der Waals surface area contributed by atoms with Gasteiger partial charge < -0.3 is 15.0 Å². The Labute approximate surface area is 264 Å². The second-order valence-corrected chi connectivity index (χ2v) is 12.4. The number of benzene rings is 3. The van der Waals surface area contributed by atoms with Gasteiger partial charge in [0.2, 0.25) is 0 Å². The Morgan fingerprint density at radius 1 is 1.07 bits per heavy atom. The van der Waals surface area contributed by atoms with E-state index < -0.39 is 12.4 Å². The van der Waals surface area contributed by atoms with Crippen LogP contribution < -0.4 is 15.0 Å². The molecular formula is C33H35F3N6O2S. The van der Waals surface area contributed by atoms with Crippen LogP contribution in [0.25, 0.3) is 17.1 Å². The van der Waals surface area contributed by atoms with Gasteiger partial charge in [0.15, 0.2) is 11.0 Å². The molecular weight excluding hydrogens is 601 g/mol. The van der Waals surface area contributed by atoms with Gasteiger partial charge in [0, 0.05) is 23.0 Å². The van der Waals surface area contributed by atoms with Crippen molar-refractivity contribution in [3.8, 4) is 22.8 Å². The molecule has 2 heterocycles. The summed E-state index contributed by atoms with van der Waals surface area (Å²) in [6.45, 7) is 10.5. The second-order valence-electron chi connectivity index (χ2n) is 11.3. The van der Waals surface area contributed by atoms with Crippen LogP contribution in [0.1, 0.15) is 62.8 Å². The fraction of sp³-hybridized carbons (Fsp3) is 0.333. The van der Waals surface area contributed by atoms with E-state index in [9.17, 15) is 18.0 Å². The number of ether oxygens (including phenoxy) is 1. The van der Waals surface area contributed by atoms with Crippen LogP contribution in [0, 0.1) is 6.92 Å². The average molecular weight is 637 g/mol. The highest BCUT2D eigenvalue weighted by atomic mass is 32.2.